The fourth-order valence-corrected chi connectivity index (χ4v) is 1.90. The van der Waals surface area contributed by atoms with Crippen LogP contribution in [-0.2, 0) is 11.3 Å². The van der Waals surface area contributed by atoms with Gasteiger partial charge in [-0.05, 0) is 29.0 Å². The Bertz CT molecular complexity index is 793. The lowest BCUT2D eigenvalue weighted by Crippen LogP contribution is -2.14. The largest absolute Gasteiger partial charge is 0.444 e. The molecule has 0 aliphatic carbocycles. The molecule has 0 aliphatic rings. The normalized spacial score (nSPS) is 10.3. The minimum absolute atomic E-state index is 0.130. The SMILES string of the molecule is O=C(Nc1ccc(-n2ncnn2)c(F)c1)OCc1ccccc1. The molecule has 0 aliphatic heterocycles. The fraction of sp³-hybridized carbons (Fsp3) is 0.0667. The Balaban J connectivity index is 1.62. The van der Waals surface area contributed by atoms with E-state index in [4.69, 9.17) is 4.74 Å². The predicted molar refractivity (Wildman–Crippen MR) is 79.4 cm³/mol. The molecule has 0 atom stereocenters. The molecule has 0 radical (unpaired) electrons. The molecule has 2 aromatic carbocycles. The molecule has 1 heterocycles. The van der Waals surface area contributed by atoms with Crippen molar-refractivity contribution < 1.29 is 13.9 Å². The highest BCUT2D eigenvalue weighted by Gasteiger charge is 2.10. The number of halogens is 1. The summed E-state index contributed by atoms with van der Waals surface area (Å²) in [6.45, 7) is 0.135. The average molecular weight is 313 g/mol. The first-order valence-electron chi connectivity index (χ1n) is 6.73. The molecule has 3 aromatic rings. The Kier molecular flexibility index (Phi) is 4.23. The van der Waals surface area contributed by atoms with E-state index in [2.05, 4.69) is 20.7 Å². The summed E-state index contributed by atoms with van der Waals surface area (Å²) in [7, 11) is 0. The first kappa shape index (κ1) is 14.6. The standard InChI is InChI=1S/C15H12FN5O2/c16-13-8-12(6-7-14(13)21-18-10-17-20-21)19-15(22)23-9-11-4-2-1-3-5-11/h1-8,10H,9H2,(H,19,22). The highest BCUT2D eigenvalue weighted by Crippen LogP contribution is 2.17. The van der Waals surface area contributed by atoms with E-state index in [0.29, 0.717) is 0 Å². The van der Waals surface area contributed by atoms with E-state index >= 15 is 0 Å². The molecule has 0 spiro atoms. The maximum atomic E-state index is 14.0. The number of anilines is 1. The van der Waals surface area contributed by atoms with Gasteiger partial charge < -0.3 is 4.74 Å². The topological polar surface area (TPSA) is 81.9 Å². The zero-order valence-electron chi connectivity index (χ0n) is 11.9. The highest BCUT2D eigenvalue weighted by molar-refractivity contribution is 5.84. The first-order chi connectivity index (χ1) is 11.2. The molecule has 0 bridgehead atoms. The van der Waals surface area contributed by atoms with Gasteiger partial charge in [-0.3, -0.25) is 5.32 Å². The van der Waals surface area contributed by atoms with Crippen molar-refractivity contribution in [1.29, 1.82) is 0 Å². The van der Waals surface area contributed by atoms with Crippen LogP contribution in [0, 0.1) is 5.82 Å². The Morgan fingerprint density at radius 1 is 1.22 bits per heavy atom. The molecule has 0 fully saturated rings. The van der Waals surface area contributed by atoms with Crippen molar-refractivity contribution in [1.82, 2.24) is 20.2 Å². The monoisotopic (exact) mass is 313 g/mol. The number of rotatable bonds is 4. The van der Waals surface area contributed by atoms with Crippen LogP contribution in [0.4, 0.5) is 14.9 Å². The molecular formula is C15H12FN5O2. The third-order valence-electron chi connectivity index (χ3n) is 2.97. The zero-order valence-corrected chi connectivity index (χ0v) is 11.9. The van der Waals surface area contributed by atoms with Crippen molar-refractivity contribution in [3.63, 3.8) is 0 Å². The second-order valence-electron chi connectivity index (χ2n) is 4.58. The van der Waals surface area contributed by atoms with Crippen LogP contribution in [0.15, 0.2) is 54.9 Å². The van der Waals surface area contributed by atoms with Gasteiger partial charge in [0.2, 0.25) is 0 Å². The number of benzene rings is 2. The van der Waals surface area contributed by atoms with Gasteiger partial charge in [-0.1, -0.05) is 30.3 Å². The van der Waals surface area contributed by atoms with E-state index in [9.17, 15) is 9.18 Å². The number of hydrogen-bond donors (Lipinski definition) is 1. The van der Waals surface area contributed by atoms with Gasteiger partial charge >= 0.3 is 6.09 Å². The molecule has 1 N–H and O–H groups in total. The van der Waals surface area contributed by atoms with Crippen LogP contribution < -0.4 is 5.32 Å². The lowest BCUT2D eigenvalue weighted by atomic mass is 10.2. The van der Waals surface area contributed by atoms with E-state index in [1.54, 1.807) is 0 Å². The molecule has 23 heavy (non-hydrogen) atoms. The summed E-state index contributed by atoms with van der Waals surface area (Å²) in [6, 6.07) is 13.4. The highest BCUT2D eigenvalue weighted by atomic mass is 19.1. The van der Waals surface area contributed by atoms with Crippen LogP contribution in [-0.4, -0.2) is 26.3 Å². The van der Waals surface area contributed by atoms with Gasteiger partial charge in [0.05, 0.1) is 0 Å². The van der Waals surface area contributed by atoms with Crippen molar-refractivity contribution in [3.8, 4) is 5.69 Å². The Morgan fingerprint density at radius 3 is 2.74 bits per heavy atom. The molecule has 116 valence electrons. The van der Waals surface area contributed by atoms with Crippen molar-refractivity contribution in [2.45, 2.75) is 6.61 Å². The Hall–Kier alpha value is -3.29. The predicted octanol–water partition coefficient (Wildman–Crippen LogP) is 2.55. The van der Waals surface area contributed by atoms with E-state index in [1.165, 1.54) is 18.5 Å². The summed E-state index contributed by atoms with van der Waals surface area (Å²) in [5.74, 6) is -0.594. The molecule has 1 aromatic heterocycles. The van der Waals surface area contributed by atoms with Crippen LogP contribution in [0.5, 0.6) is 0 Å². The summed E-state index contributed by atoms with van der Waals surface area (Å²) in [4.78, 5) is 12.8. The molecule has 1 amide bonds. The number of amides is 1. The van der Waals surface area contributed by atoms with Crippen molar-refractivity contribution in [2.24, 2.45) is 0 Å². The fourth-order valence-electron chi connectivity index (χ4n) is 1.90. The van der Waals surface area contributed by atoms with E-state index in [-0.39, 0.29) is 18.0 Å². The van der Waals surface area contributed by atoms with Gasteiger partial charge in [0.1, 0.15) is 12.3 Å². The average Bonchev–Trinajstić information content (AvgIpc) is 3.08. The molecule has 8 heteroatoms. The number of ether oxygens (including phenoxy) is 1. The summed E-state index contributed by atoms with van der Waals surface area (Å²) >= 11 is 0. The van der Waals surface area contributed by atoms with Crippen LogP contribution in [0.2, 0.25) is 0 Å². The van der Waals surface area contributed by atoms with E-state index in [0.717, 1.165) is 16.4 Å². The van der Waals surface area contributed by atoms with Gasteiger partial charge in [-0.2, -0.15) is 0 Å². The minimum Gasteiger partial charge on any atom is -0.444 e. The van der Waals surface area contributed by atoms with Gasteiger partial charge in [0, 0.05) is 5.69 Å². The van der Waals surface area contributed by atoms with E-state index < -0.39 is 11.9 Å². The number of aromatic nitrogens is 4. The number of nitrogens with zero attached hydrogens (tertiary/aromatic N) is 4. The van der Waals surface area contributed by atoms with Crippen LogP contribution in [0.25, 0.3) is 5.69 Å². The van der Waals surface area contributed by atoms with E-state index in [1.807, 2.05) is 30.3 Å². The maximum absolute atomic E-state index is 14.0. The number of tetrazole rings is 1. The molecule has 0 saturated carbocycles. The van der Waals surface area contributed by atoms with Gasteiger partial charge in [-0.25, -0.2) is 9.18 Å². The minimum atomic E-state index is -0.667. The summed E-state index contributed by atoms with van der Waals surface area (Å²) in [5.41, 5.74) is 1.26. The number of hydrogen-bond acceptors (Lipinski definition) is 5. The smallest absolute Gasteiger partial charge is 0.411 e. The molecular weight excluding hydrogens is 301 g/mol. The summed E-state index contributed by atoms with van der Waals surface area (Å²) in [6.07, 6.45) is 0.534. The Morgan fingerprint density at radius 2 is 2.04 bits per heavy atom. The second kappa shape index (κ2) is 6.65. The number of nitrogens with one attached hydrogen (secondary N) is 1. The Labute approximate surface area is 130 Å². The lowest BCUT2D eigenvalue weighted by molar-refractivity contribution is 0.155. The third kappa shape index (κ3) is 3.67. The summed E-state index contributed by atoms with van der Waals surface area (Å²) in [5, 5.41) is 13.3. The van der Waals surface area contributed by atoms with Crippen molar-refractivity contribution >= 4 is 11.8 Å². The lowest BCUT2D eigenvalue weighted by Gasteiger charge is -2.08. The van der Waals surface area contributed by atoms with Gasteiger partial charge in [0.25, 0.3) is 0 Å². The molecule has 0 saturated heterocycles. The van der Waals surface area contributed by atoms with Crippen LogP contribution >= 0.6 is 0 Å². The van der Waals surface area contributed by atoms with Crippen LogP contribution in [0.1, 0.15) is 5.56 Å². The first-order valence-corrected chi connectivity index (χ1v) is 6.73. The molecule has 3 rings (SSSR count). The number of carbonyl (C=O) groups is 1. The third-order valence-corrected chi connectivity index (χ3v) is 2.97. The van der Waals surface area contributed by atoms with Gasteiger partial charge in [0.15, 0.2) is 12.1 Å². The number of carbonyl (C=O) groups excluding carboxylic acids is 1. The van der Waals surface area contributed by atoms with Crippen LogP contribution in [0.3, 0.4) is 0 Å². The maximum Gasteiger partial charge on any atom is 0.411 e. The summed E-state index contributed by atoms with van der Waals surface area (Å²) < 4.78 is 19.1. The van der Waals surface area contributed by atoms with Crippen molar-refractivity contribution in [3.05, 3.63) is 66.2 Å². The quantitative estimate of drug-likeness (QED) is 0.800. The zero-order chi connectivity index (χ0) is 16.1. The van der Waals surface area contributed by atoms with Crippen molar-refractivity contribution in [2.75, 3.05) is 5.32 Å². The van der Waals surface area contributed by atoms with Gasteiger partial charge in [-0.15, -0.1) is 15.0 Å². The second-order valence-corrected chi connectivity index (χ2v) is 4.58. The molecule has 0 unspecified atom stereocenters. The molecule has 7 nitrogen and oxygen atoms in total.